The summed E-state index contributed by atoms with van der Waals surface area (Å²) in [6, 6.07) is 0. The fourth-order valence-corrected chi connectivity index (χ4v) is 10.7. The van der Waals surface area contributed by atoms with Crippen LogP contribution >= 0.6 is 94.1 Å². The molecule has 0 bridgehead atoms. The Labute approximate surface area is 259 Å². The maximum Gasteiger partial charge on any atom is 0.279 e. The van der Waals surface area contributed by atoms with Crippen LogP contribution in [0.15, 0.2) is 9.98 Å². The number of aliphatic imine (C=N–C) groups is 2. The van der Waals surface area contributed by atoms with Crippen molar-refractivity contribution < 1.29 is 24.2 Å². The van der Waals surface area contributed by atoms with Crippen LogP contribution < -0.4 is 5.32 Å². The summed E-state index contributed by atoms with van der Waals surface area (Å²) in [6.45, 7) is 4.19. The topological polar surface area (TPSA) is 116 Å². The Kier molecular flexibility index (Phi) is 35.3. The van der Waals surface area contributed by atoms with E-state index in [-0.39, 0.29) is 17.1 Å². The number of amides is 1. The number of hydrogen-bond acceptors (Lipinski definition) is 15. The molecule has 1 amide bonds. The second-order valence-corrected chi connectivity index (χ2v) is 17.6. The highest BCUT2D eigenvalue weighted by Gasteiger charge is 2.03. The van der Waals surface area contributed by atoms with Gasteiger partial charge >= 0.3 is 0 Å². The Morgan fingerprint density at radius 1 is 0.919 bits per heavy atom. The van der Waals surface area contributed by atoms with Crippen molar-refractivity contribution in [3.05, 3.63) is 0 Å². The van der Waals surface area contributed by atoms with E-state index in [1.165, 1.54) is 29.9 Å². The number of aliphatic hydroxyl groups is 1. The van der Waals surface area contributed by atoms with Gasteiger partial charge in [0.15, 0.2) is 0 Å². The van der Waals surface area contributed by atoms with E-state index < -0.39 is 11.2 Å². The maximum atomic E-state index is 11.9. The molecule has 17 heteroatoms. The Hall–Kier alpha value is 1.64. The number of hydrogen-bond donors (Lipinski definition) is 2. The molecule has 0 aliphatic heterocycles. The average Bonchev–Trinajstić information content (AvgIpc) is 2.89. The van der Waals surface area contributed by atoms with Gasteiger partial charge in [-0.1, -0.05) is 18.7 Å². The van der Waals surface area contributed by atoms with Gasteiger partial charge < -0.3 is 19.9 Å². The fraction of sp³-hybridized carbons (Fsp3) is 0.850. The zero-order chi connectivity index (χ0) is 27.1. The van der Waals surface area contributed by atoms with Gasteiger partial charge in [0.2, 0.25) is 11.9 Å². The molecule has 0 aromatic carbocycles. The van der Waals surface area contributed by atoms with Gasteiger partial charge in [-0.15, -0.1) is 70.6 Å². The lowest BCUT2D eigenvalue weighted by Gasteiger charge is -2.06. The Morgan fingerprint density at radius 3 is 2.35 bits per heavy atom. The van der Waals surface area contributed by atoms with Crippen molar-refractivity contribution in [2.45, 2.75) is 13.3 Å². The average molecular weight is 690 g/mol. The molecule has 37 heavy (non-hydrogen) atoms. The molecule has 8 nitrogen and oxygen atoms in total. The van der Waals surface area contributed by atoms with E-state index in [1.807, 2.05) is 70.6 Å². The first-order chi connectivity index (χ1) is 18.2. The number of aliphatic hydroxyl groups excluding tert-OH is 1. The predicted molar refractivity (Wildman–Crippen MR) is 182 cm³/mol. The molecule has 0 heterocycles. The highest BCUT2D eigenvalue weighted by molar-refractivity contribution is 8.23. The molecule has 0 aliphatic rings. The molecule has 1 unspecified atom stereocenters. The van der Waals surface area contributed by atoms with Crippen LogP contribution in [0.4, 0.5) is 4.79 Å². The highest BCUT2D eigenvalue weighted by atomic mass is 32.2. The normalized spacial score (nSPS) is 12.5. The summed E-state index contributed by atoms with van der Waals surface area (Å²) < 4.78 is 11.7. The van der Waals surface area contributed by atoms with Crippen molar-refractivity contribution in [1.82, 2.24) is 5.32 Å². The lowest BCUT2D eigenvalue weighted by molar-refractivity contribution is -0.196. The van der Waals surface area contributed by atoms with Crippen LogP contribution in [0.25, 0.3) is 0 Å². The minimum Gasteiger partial charge on any atom is -0.611 e. The third-order valence-electron chi connectivity index (χ3n) is 3.39. The molecule has 0 saturated carbocycles. The van der Waals surface area contributed by atoms with Crippen molar-refractivity contribution in [3.8, 4) is 0 Å². The predicted octanol–water partition coefficient (Wildman–Crippen LogP) is 5.46. The van der Waals surface area contributed by atoms with Crippen molar-refractivity contribution in [1.29, 1.82) is 0 Å². The number of nitrogens with zero attached hydrogens (tertiary/aromatic N) is 2. The van der Waals surface area contributed by atoms with E-state index in [0.29, 0.717) is 18.8 Å². The van der Waals surface area contributed by atoms with E-state index in [4.69, 9.17) is 14.9 Å². The van der Waals surface area contributed by atoms with Crippen LogP contribution in [0.3, 0.4) is 0 Å². The highest BCUT2D eigenvalue weighted by Crippen LogP contribution is 2.19. The third-order valence-corrected chi connectivity index (χ3v) is 13.4. The van der Waals surface area contributed by atoms with E-state index in [2.05, 4.69) is 22.2 Å². The zero-order valence-corrected chi connectivity index (χ0v) is 28.5. The molecule has 0 radical (unpaired) electrons. The summed E-state index contributed by atoms with van der Waals surface area (Å²) >= 11 is 12.7. The van der Waals surface area contributed by atoms with Gasteiger partial charge in [-0.05, 0) is 17.6 Å². The van der Waals surface area contributed by atoms with Gasteiger partial charge in [-0.25, -0.2) is 4.99 Å². The molecule has 0 spiro atoms. The standard InChI is InChI=1S/C20H39N3O5S9/c1-2-3-22-13-37(26)11-10-32-19-35-18-31-8-9-36-20(25)23-5-7-30-17-34-16-29-6-4-21-12-27-28-15-33-14-24/h12-13,24H,2-11,14-19H2,1H3,(H,23,25)/b21-12+,22-13+. The summed E-state index contributed by atoms with van der Waals surface area (Å²) in [5.41, 5.74) is 1.58. The molecule has 0 fully saturated rings. The minimum absolute atomic E-state index is 0.00459. The maximum absolute atomic E-state index is 11.9. The Bertz CT molecular complexity index is 558. The molecule has 0 aromatic heterocycles. The first-order valence-corrected chi connectivity index (χ1v) is 21.8. The molecular formula is C20H39N3O5S9. The number of carbonyl (C=O) groups is 1. The lowest BCUT2D eigenvalue weighted by Crippen LogP contribution is -2.22. The largest absolute Gasteiger partial charge is 0.611 e. The second kappa shape index (κ2) is 33.8. The van der Waals surface area contributed by atoms with Crippen LogP contribution in [0.1, 0.15) is 13.3 Å². The smallest absolute Gasteiger partial charge is 0.279 e. The molecule has 218 valence electrons. The summed E-state index contributed by atoms with van der Waals surface area (Å²) in [4.78, 5) is 29.5. The molecule has 0 aromatic rings. The number of thioether (sulfide) groups is 8. The van der Waals surface area contributed by atoms with Gasteiger partial charge in [-0.2, -0.15) is 16.6 Å². The monoisotopic (exact) mass is 689 g/mol. The molecule has 1 atom stereocenters. The number of nitrogens with one attached hydrogen (secondary N) is 1. The quantitative estimate of drug-likeness (QED) is 0.0206. The summed E-state index contributed by atoms with van der Waals surface area (Å²) in [7, 11) is 0. The van der Waals surface area contributed by atoms with Crippen molar-refractivity contribution in [2.24, 2.45) is 9.98 Å². The molecule has 0 saturated heterocycles. The summed E-state index contributed by atoms with van der Waals surface area (Å²) in [6.07, 6.45) is 2.27. The first kappa shape index (κ1) is 38.6. The van der Waals surface area contributed by atoms with E-state index >= 15 is 0 Å². The van der Waals surface area contributed by atoms with Gasteiger partial charge in [0.25, 0.3) is 5.24 Å². The molecule has 2 N–H and O–H groups in total. The Morgan fingerprint density at radius 2 is 1.62 bits per heavy atom. The van der Waals surface area contributed by atoms with Gasteiger partial charge in [0.05, 0.1) is 12.5 Å². The van der Waals surface area contributed by atoms with Crippen LogP contribution in [0.2, 0.25) is 0 Å². The van der Waals surface area contributed by atoms with Crippen molar-refractivity contribution in [2.75, 3.05) is 86.4 Å². The fourth-order valence-electron chi connectivity index (χ4n) is 1.80. The van der Waals surface area contributed by atoms with Gasteiger partial charge in [-0.3, -0.25) is 9.79 Å². The minimum atomic E-state index is -0.932. The van der Waals surface area contributed by atoms with Gasteiger partial charge in [0, 0.05) is 62.2 Å². The molecular weight excluding hydrogens is 651 g/mol. The zero-order valence-electron chi connectivity index (χ0n) is 21.1. The van der Waals surface area contributed by atoms with Crippen LogP contribution in [0.5, 0.6) is 0 Å². The second-order valence-electron chi connectivity index (χ2n) is 6.35. The lowest BCUT2D eigenvalue weighted by atomic mass is 10.5. The van der Waals surface area contributed by atoms with Crippen molar-refractivity contribution in [3.63, 3.8) is 0 Å². The number of rotatable bonds is 28. The summed E-state index contributed by atoms with van der Waals surface area (Å²) in [5.74, 6) is 5.47. The van der Waals surface area contributed by atoms with Crippen LogP contribution in [-0.2, 0) is 21.0 Å². The summed E-state index contributed by atoms with van der Waals surface area (Å²) in [5, 5.41) is 15.6. The third kappa shape index (κ3) is 33.7. The Balaban J connectivity index is 3.25. The van der Waals surface area contributed by atoms with Crippen molar-refractivity contribution >= 4 is 122 Å². The van der Waals surface area contributed by atoms with E-state index in [1.54, 1.807) is 5.55 Å². The van der Waals surface area contributed by atoms with Gasteiger partial charge in [0.1, 0.15) is 11.7 Å². The van der Waals surface area contributed by atoms with Crippen LogP contribution in [0, 0.1) is 0 Å². The molecule has 0 rings (SSSR count). The van der Waals surface area contributed by atoms with E-state index in [0.717, 1.165) is 62.1 Å². The van der Waals surface area contributed by atoms with Crippen LogP contribution in [-0.4, -0.2) is 113 Å². The first-order valence-electron chi connectivity index (χ1n) is 11.4. The molecule has 0 aliphatic carbocycles. The number of carbonyl (C=O) groups excluding carboxylic acids is 1. The van der Waals surface area contributed by atoms with E-state index in [9.17, 15) is 9.35 Å². The SMILES string of the molecule is CCC/N=C/[S+]([O-])CCSCSCSCCSC(=O)NCCSCSCSCC/N=C/OOCSCO.